The van der Waals surface area contributed by atoms with Crippen LogP contribution >= 0.6 is 0 Å². The maximum Gasteiger partial charge on any atom is 0.306 e. The van der Waals surface area contributed by atoms with Gasteiger partial charge in [0.2, 0.25) is 0 Å². The van der Waals surface area contributed by atoms with E-state index in [1.54, 1.807) is 0 Å². The Labute approximate surface area is 416 Å². The third kappa shape index (κ3) is 54.2. The largest absolute Gasteiger partial charge is 0.462 e. The Morgan fingerprint density at radius 3 is 0.910 bits per heavy atom. The molecule has 0 aromatic heterocycles. The Balaban J connectivity index is 3.78. The zero-order valence-electron chi connectivity index (χ0n) is 44.7. The fraction of sp³-hybridized carbons (Fsp3) is 0.820. The van der Waals surface area contributed by atoms with Crippen LogP contribution in [-0.4, -0.2) is 37.2 Å². The second kappa shape index (κ2) is 56.0. The minimum atomic E-state index is -0.761. The number of hydrogen-bond acceptors (Lipinski definition) is 6. The molecule has 0 N–H and O–H groups in total. The molecule has 67 heavy (non-hydrogen) atoms. The lowest BCUT2D eigenvalue weighted by atomic mass is 10.0. The first-order valence-electron chi connectivity index (χ1n) is 29.1. The summed E-state index contributed by atoms with van der Waals surface area (Å²) in [4.78, 5) is 37.6. The molecule has 0 aromatic rings. The molecule has 0 saturated carbocycles. The Kier molecular flexibility index (Phi) is 53.8. The van der Waals surface area contributed by atoms with Crippen molar-refractivity contribution in [3.8, 4) is 0 Å². The number of carbonyl (C=O) groups is 3. The van der Waals surface area contributed by atoms with E-state index in [1.807, 2.05) is 0 Å². The van der Waals surface area contributed by atoms with Crippen molar-refractivity contribution in [3.63, 3.8) is 0 Å². The van der Waals surface area contributed by atoms with E-state index in [4.69, 9.17) is 14.2 Å². The summed E-state index contributed by atoms with van der Waals surface area (Å²) < 4.78 is 16.7. The van der Waals surface area contributed by atoms with Gasteiger partial charge in [-0.3, -0.25) is 14.4 Å². The summed E-state index contributed by atoms with van der Waals surface area (Å²) in [7, 11) is 0. The molecule has 0 heterocycles. The van der Waals surface area contributed by atoms with Gasteiger partial charge in [0.15, 0.2) is 6.10 Å². The standard InChI is InChI=1S/C61H110O6/c1-4-7-10-13-16-18-19-20-21-22-23-24-25-26-27-28-29-30-31-32-33-34-35-36-37-38-39-40-41-42-43-44-46-48-51-54-60(63)66-57-58(56-65-59(62)53-50-47-15-12-9-6-3)67-61(64)55-52-49-45-17-14-11-8-5-2/h7,10,16,18,20-21,23-24,58H,4-6,8-9,11-15,17,19,22,25-57H2,1-3H3/b10-7-,18-16-,21-20-,24-23-. The highest BCUT2D eigenvalue weighted by molar-refractivity contribution is 5.71. The second-order valence-electron chi connectivity index (χ2n) is 19.5. The number of esters is 3. The van der Waals surface area contributed by atoms with Gasteiger partial charge in [0.25, 0.3) is 0 Å². The Bertz CT molecular complexity index is 1170. The zero-order chi connectivity index (χ0) is 48.6. The van der Waals surface area contributed by atoms with Crippen molar-refractivity contribution in [1.82, 2.24) is 0 Å². The van der Waals surface area contributed by atoms with Crippen LogP contribution < -0.4 is 0 Å². The van der Waals surface area contributed by atoms with E-state index >= 15 is 0 Å². The van der Waals surface area contributed by atoms with Crippen LogP contribution in [-0.2, 0) is 28.6 Å². The third-order valence-corrected chi connectivity index (χ3v) is 12.8. The van der Waals surface area contributed by atoms with Crippen LogP contribution in [0.3, 0.4) is 0 Å². The highest BCUT2D eigenvalue weighted by Crippen LogP contribution is 2.17. The summed E-state index contributed by atoms with van der Waals surface area (Å²) in [5.41, 5.74) is 0. The number of allylic oxidation sites excluding steroid dienone is 8. The highest BCUT2D eigenvalue weighted by Gasteiger charge is 2.19. The number of rotatable bonds is 53. The molecule has 0 aliphatic carbocycles. The predicted octanol–water partition coefficient (Wildman–Crippen LogP) is 19.4. The van der Waals surface area contributed by atoms with Crippen LogP contribution in [0.25, 0.3) is 0 Å². The van der Waals surface area contributed by atoms with Crippen molar-refractivity contribution in [2.45, 2.75) is 309 Å². The maximum atomic E-state index is 12.6. The SMILES string of the molecule is CC/C=C\C/C=C\C/C=C\C/C=C\CCCCCCCCCCCCCCCCCCCCCCCCC(=O)OCC(COC(=O)CCCCCCCC)OC(=O)CCCCCCCCCC. The first-order chi connectivity index (χ1) is 33.0. The van der Waals surface area contributed by atoms with Crippen molar-refractivity contribution in [3.05, 3.63) is 48.6 Å². The van der Waals surface area contributed by atoms with Gasteiger partial charge in [0, 0.05) is 19.3 Å². The molecule has 0 rings (SSSR count). The monoisotopic (exact) mass is 939 g/mol. The predicted molar refractivity (Wildman–Crippen MR) is 289 cm³/mol. The van der Waals surface area contributed by atoms with Crippen LogP contribution in [0.4, 0.5) is 0 Å². The lowest BCUT2D eigenvalue weighted by Gasteiger charge is -2.18. The van der Waals surface area contributed by atoms with E-state index in [2.05, 4.69) is 69.4 Å². The normalized spacial score (nSPS) is 12.3. The zero-order valence-corrected chi connectivity index (χ0v) is 44.7. The van der Waals surface area contributed by atoms with Crippen LogP contribution in [0.1, 0.15) is 303 Å². The Morgan fingerprint density at radius 2 is 0.582 bits per heavy atom. The molecular weight excluding hydrogens is 829 g/mol. The lowest BCUT2D eigenvalue weighted by Crippen LogP contribution is -2.30. The average molecular weight is 940 g/mol. The minimum absolute atomic E-state index is 0.0673. The Morgan fingerprint density at radius 1 is 0.313 bits per heavy atom. The molecule has 1 atom stereocenters. The molecule has 6 nitrogen and oxygen atoms in total. The summed E-state index contributed by atoms with van der Waals surface area (Å²) in [5.74, 6) is -0.870. The van der Waals surface area contributed by atoms with E-state index in [0.29, 0.717) is 19.3 Å². The molecule has 0 bridgehead atoms. The van der Waals surface area contributed by atoms with E-state index < -0.39 is 6.10 Å². The molecule has 0 aromatic carbocycles. The molecule has 0 radical (unpaired) electrons. The van der Waals surface area contributed by atoms with Crippen molar-refractivity contribution in [2.75, 3.05) is 13.2 Å². The Hall–Kier alpha value is -2.63. The smallest absolute Gasteiger partial charge is 0.306 e. The molecule has 1 unspecified atom stereocenters. The van der Waals surface area contributed by atoms with Gasteiger partial charge >= 0.3 is 17.9 Å². The van der Waals surface area contributed by atoms with Crippen LogP contribution in [0, 0.1) is 0 Å². The second-order valence-corrected chi connectivity index (χ2v) is 19.5. The van der Waals surface area contributed by atoms with Gasteiger partial charge < -0.3 is 14.2 Å². The first kappa shape index (κ1) is 64.4. The highest BCUT2D eigenvalue weighted by atomic mass is 16.6. The molecular formula is C61H110O6. The van der Waals surface area contributed by atoms with Gasteiger partial charge in [-0.1, -0.05) is 275 Å². The van der Waals surface area contributed by atoms with Gasteiger partial charge in [-0.25, -0.2) is 0 Å². The van der Waals surface area contributed by atoms with Crippen LogP contribution in [0.5, 0.6) is 0 Å². The van der Waals surface area contributed by atoms with E-state index in [1.165, 1.54) is 180 Å². The van der Waals surface area contributed by atoms with E-state index in [9.17, 15) is 14.4 Å². The van der Waals surface area contributed by atoms with Crippen LogP contribution in [0.15, 0.2) is 48.6 Å². The molecule has 6 heteroatoms. The van der Waals surface area contributed by atoms with Gasteiger partial charge in [0.05, 0.1) is 0 Å². The summed E-state index contributed by atoms with van der Waals surface area (Å²) >= 11 is 0. The number of carbonyl (C=O) groups excluding carboxylic acids is 3. The summed E-state index contributed by atoms with van der Waals surface area (Å²) in [6.07, 6.45) is 69.0. The molecule has 0 aliphatic rings. The molecule has 390 valence electrons. The molecule has 0 saturated heterocycles. The fourth-order valence-corrected chi connectivity index (χ4v) is 8.49. The van der Waals surface area contributed by atoms with Crippen molar-refractivity contribution in [1.29, 1.82) is 0 Å². The van der Waals surface area contributed by atoms with Crippen LogP contribution in [0.2, 0.25) is 0 Å². The van der Waals surface area contributed by atoms with Gasteiger partial charge in [0.1, 0.15) is 13.2 Å². The third-order valence-electron chi connectivity index (χ3n) is 12.8. The molecule has 0 aliphatic heterocycles. The maximum absolute atomic E-state index is 12.6. The summed E-state index contributed by atoms with van der Waals surface area (Å²) in [6, 6.07) is 0. The fourth-order valence-electron chi connectivity index (χ4n) is 8.49. The molecule has 0 amide bonds. The van der Waals surface area contributed by atoms with E-state index in [0.717, 1.165) is 83.5 Å². The topological polar surface area (TPSA) is 78.9 Å². The van der Waals surface area contributed by atoms with Gasteiger partial charge in [-0.15, -0.1) is 0 Å². The van der Waals surface area contributed by atoms with E-state index in [-0.39, 0.29) is 31.1 Å². The van der Waals surface area contributed by atoms with Crippen molar-refractivity contribution >= 4 is 17.9 Å². The summed E-state index contributed by atoms with van der Waals surface area (Å²) in [6.45, 7) is 6.46. The van der Waals surface area contributed by atoms with Crippen molar-refractivity contribution in [2.24, 2.45) is 0 Å². The number of ether oxygens (including phenoxy) is 3. The number of unbranched alkanes of at least 4 members (excludes halogenated alkanes) is 34. The average Bonchev–Trinajstić information content (AvgIpc) is 3.33. The minimum Gasteiger partial charge on any atom is -0.462 e. The summed E-state index contributed by atoms with van der Waals surface area (Å²) in [5, 5.41) is 0. The van der Waals surface area contributed by atoms with Gasteiger partial charge in [-0.05, 0) is 57.8 Å². The van der Waals surface area contributed by atoms with Crippen molar-refractivity contribution < 1.29 is 28.6 Å². The molecule has 0 spiro atoms. The van der Waals surface area contributed by atoms with Gasteiger partial charge in [-0.2, -0.15) is 0 Å². The first-order valence-corrected chi connectivity index (χ1v) is 29.1. The molecule has 0 fully saturated rings. The number of hydrogen-bond donors (Lipinski definition) is 0. The lowest BCUT2D eigenvalue weighted by molar-refractivity contribution is -0.167. The quantitative estimate of drug-likeness (QED) is 0.0262.